The Balaban J connectivity index is 1.71. The summed E-state index contributed by atoms with van der Waals surface area (Å²) in [6.45, 7) is 8.81. The minimum Gasteiger partial charge on any atom is -0.140 e. The molecule has 0 aliphatic carbocycles. The molecule has 4 aromatic rings. The number of hydrogen-bond acceptors (Lipinski definition) is 4. The van der Waals surface area contributed by atoms with Gasteiger partial charge in [-0.1, -0.05) is 0 Å². The molecule has 0 aliphatic heterocycles. The number of aryl methyl sites for hydroxylation is 4. The number of hydrogen-bond donors (Lipinski definition) is 0. The molecule has 24 heavy (non-hydrogen) atoms. The molecule has 0 saturated heterocycles. The molecular formula is C20H18S4. The van der Waals surface area contributed by atoms with E-state index in [1.165, 1.54) is 50.1 Å². The maximum absolute atomic E-state index is 2.35. The van der Waals surface area contributed by atoms with Crippen LogP contribution in [0.3, 0.4) is 0 Å². The summed E-state index contributed by atoms with van der Waals surface area (Å²) in [6.07, 6.45) is 0. The third-order valence-electron chi connectivity index (χ3n) is 4.14. The van der Waals surface area contributed by atoms with Crippen LogP contribution >= 0.6 is 45.3 Å². The van der Waals surface area contributed by atoms with Gasteiger partial charge in [-0.15, -0.1) is 45.3 Å². The Morgan fingerprint density at radius 1 is 0.542 bits per heavy atom. The number of rotatable bonds is 3. The van der Waals surface area contributed by atoms with Gasteiger partial charge in [-0.2, -0.15) is 0 Å². The predicted molar refractivity (Wildman–Crippen MR) is 113 cm³/mol. The summed E-state index contributed by atoms with van der Waals surface area (Å²) in [5.74, 6) is 0. The van der Waals surface area contributed by atoms with Gasteiger partial charge in [0.15, 0.2) is 0 Å². The second kappa shape index (κ2) is 6.26. The first-order valence-electron chi connectivity index (χ1n) is 7.86. The van der Waals surface area contributed by atoms with Gasteiger partial charge < -0.3 is 0 Å². The number of thiophene rings is 4. The minimum absolute atomic E-state index is 1.37. The van der Waals surface area contributed by atoms with Crippen molar-refractivity contribution in [3.63, 3.8) is 0 Å². The van der Waals surface area contributed by atoms with E-state index in [2.05, 4.69) is 64.1 Å². The molecule has 4 heterocycles. The molecule has 4 rings (SSSR count). The largest absolute Gasteiger partial charge is 0.140 e. The lowest BCUT2D eigenvalue weighted by atomic mass is 10.2. The van der Waals surface area contributed by atoms with Crippen LogP contribution in [0.25, 0.3) is 29.3 Å². The zero-order chi connectivity index (χ0) is 16.8. The molecule has 0 aromatic carbocycles. The Morgan fingerprint density at radius 2 is 1.17 bits per heavy atom. The second-order valence-corrected chi connectivity index (χ2v) is 10.7. The fourth-order valence-electron chi connectivity index (χ4n) is 2.70. The fourth-order valence-corrected chi connectivity index (χ4v) is 7.12. The molecule has 0 aliphatic rings. The average molecular weight is 387 g/mol. The summed E-state index contributed by atoms with van der Waals surface area (Å²) >= 11 is 7.61. The lowest BCUT2D eigenvalue weighted by Crippen LogP contribution is -1.66. The molecule has 0 bridgehead atoms. The van der Waals surface area contributed by atoms with E-state index < -0.39 is 0 Å². The van der Waals surface area contributed by atoms with Gasteiger partial charge in [-0.05, 0) is 75.2 Å². The Labute approximate surface area is 159 Å². The van der Waals surface area contributed by atoms with Gasteiger partial charge in [0, 0.05) is 39.0 Å². The van der Waals surface area contributed by atoms with Gasteiger partial charge in [-0.25, -0.2) is 0 Å². The standard InChI is InChI=1S/C20H18S4/c1-11-9-18(22-14(11)4)19-10-12(2)20(24-19)17-8-7-16(23-17)15-6-5-13(3)21-15/h5-10H,1-4H3. The smallest absolute Gasteiger partial charge is 0.0478 e. The SMILES string of the molecule is Cc1ccc(-c2ccc(-c3sc(-c4cc(C)c(C)s4)cc3C)s2)s1. The van der Waals surface area contributed by atoms with Crippen LogP contribution in [0.15, 0.2) is 36.4 Å². The van der Waals surface area contributed by atoms with Crippen molar-refractivity contribution >= 4 is 45.3 Å². The summed E-state index contributed by atoms with van der Waals surface area (Å²) in [6, 6.07) is 13.7. The summed E-state index contributed by atoms with van der Waals surface area (Å²) in [5, 5.41) is 0. The Kier molecular flexibility index (Phi) is 4.25. The maximum Gasteiger partial charge on any atom is 0.0478 e. The highest BCUT2D eigenvalue weighted by Crippen LogP contribution is 2.45. The van der Waals surface area contributed by atoms with Gasteiger partial charge in [0.05, 0.1) is 0 Å². The van der Waals surface area contributed by atoms with Crippen LogP contribution in [0, 0.1) is 27.7 Å². The van der Waals surface area contributed by atoms with Crippen LogP contribution in [0.5, 0.6) is 0 Å². The zero-order valence-electron chi connectivity index (χ0n) is 14.1. The van der Waals surface area contributed by atoms with E-state index in [9.17, 15) is 0 Å². The summed E-state index contributed by atoms with van der Waals surface area (Å²) in [5.41, 5.74) is 2.78. The van der Waals surface area contributed by atoms with E-state index in [0.29, 0.717) is 0 Å². The minimum atomic E-state index is 1.37. The highest BCUT2D eigenvalue weighted by molar-refractivity contribution is 7.28. The van der Waals surface area contributed by atoms with Crippen LogP contribution in [0.2, 0.25) is 0 Å². The molecule has 0 amide bonds. The van der Waals surface area contributed by atoms with Crippen molar-refractivity contribution in [3.8, 4) is 29.3 Å². The topological polar surface area (TPSA) is 0 Å². The molecule has 0 N–H and O–H groups in total. The second-order valence-electron chi connectivity index (χ2n) is 6.05. The molecule has 0 radical (unpaired) electrons. The van der Waals surface area contributed by atoms with Crippen molar-refractivity contribution in [2.45, 2.75) is 27.7 Å². The van der Waals surface area contributed by atoms with Gasteiger partial charge in [-0.3, -0.25) is 0 Å². The normalized spacial score (nSPS) is 11.3. The monoisotopic (exact) mass is 386 g/mol. The molecule has 0 unspecified atom stereocenters. The molecule has 0 saturated carbocycles. The lowest BCUT2D eigenvalue weighted by Gasteiger charge is -1.94. The van der Waals surface area contributed by atoms with Crippen molar-refractivity contribution < 1.29 is 0 Å². The molecule has 4 aromatic heterocycles. The van der Waals surface area contributed by atoms with Gasteiger partial charge in [0.25, 0.3) is 0 Å². The van der Waals surface area contributed by atoms with Crippen LogP contribution in [0.4, 0.5) is 0 Å². The Morgan fingerprint density at radius 3 is 1.83 bits per heavy atom. The Bertz CT molecular complexity index is 987. The third-order valence-corrected chi connectivity index (χ3v) is 9.19. The van der Waals surface area contributed by atoms with E-state index >= 15 is 0 Å². The first-order chi connectivity index (χ1) is 11.5. The van der Waals surface area contributed by atoms with Gasteiger partial charge in [0.2, 0.25) is 0 Å². The van der Waals surface area contributed by atoms with E-state index in [1.54, 1.807) is 0 Å². The van der Waals surface area contributed by atoms with E-state index in [0.717, 1.165) is 0 Å². The molecule has 0 fully saturated rings. The van der Waals surface area contributed by atoms with Crippen molar-refractivity contribution in [2.75, 3.05) is 0 Å². The zero-order valence-corrected chi connectivity index (χ0v) is 17.4. The highest BCUT2D eigenvalue weighted by Gasteiger charge is 2.14. The first kappa shape index (κ1) is 16.3. The van der Waals surface area contributed by atoms with Crippen LogP contribution in [-0.4, -0.2) is 0 Å². The molecule has 0 nitrogen and oxygen atoms in total. The molecule has 4 heteroatoms. The highest BCUT2D eigenvalue weighted by atomic mass is 32.1. The van der Waals surface area contributed by atoms with E-state index in [1.807, 2.05) is 45.3 Å². The lowest BCUT2D eigenvalue weighted by molar-refractivity contribution is 1.44. The van der Waals surface area contributed by atoms with Crippen LogP contribution in [0.1, 0.15) is 20.9 Å². The molecule has 0 atom stereocenters. The van der Waals surface area contributed by atoms with Crippen LogP contribution in [-0.2, 0) is 0 Å². The average Bonchev–Trinajstić information content (AvgIpc) is 3.28. The van der Waals surface area contributed by atoms with E-state index in [-0.39, 0.29) is 0 Å². The van der Waals surface area contributed by atoms with Gasteiger partial charge >= 0.3 is 0 Å². The van der Waals surface area contributed by atoms with Crippen molar-refractivity contribution in [1.29, 1.82) is 0 Å². The van der Waals surface area contributed by atoms with Crippen molar-refractivity contribution in [3.05, 3.63) is 57.3 Å². The molecular weight excluding hydrogens is 368 g/mol. The summed E-state index contributed by atoms with van der Waals surface area (Å²) in [7, 11) is 0. The van der Waals surface area contributed by atoms with Crippen molar-refractivity contribution in [1.82, 2.24) is 0 Å². The summed E-state index contributed by atoms with van der Waals surface area (Å²) < 4.78 is 0. The van der Waals surface area contributed by atoms with Gasteiger partial charge in [0.1, 0.15) is 0 Å². The molecule has 122 valence electrons. The third kappa shape index (κ3) is 2.93. The quantitative estimate of drug-likeness (QED) is 0.333. The Hall–Kier alpha value is -1.20. The fraction of sp³-hybridized carbons (Fsp3) is 0.200. The van der Waals surface area contributed by atoms with Crippen molar-refractivity contribution in [2.24, 2.45) is 0 Å². The van der Waals surface area contributed by atoms with Crippen LogP contribution < -0.4 is 0 Å². The first-order valence-corrected chi connectivity index (χ1v) is 11.1. The predicted octanol–water partition coefficient (Wildman–Crippen LogP) is 8.17. The summed E-state index contributed by atoms with van der Waals surface area (Å²) in [4.78, 5) is 11.1. The maximum atomic E-state index is 2.35. The molecule has 0 spiro atoms. The van der Waals surface area contributed by atoms with E-state index in [4.69, 9.17) is 0 Å².